The first kappa shape index (κ1) is 30.2. The molecule has 4 atom stereocenters. The Kier molecular flexibility index (Phi) is 9.05. The number of hydrogen-bond donors (Lipinski definition) is 6. The Hall–Kier alpha value is -4.31. The molecular formula is C28H34F2N10O3. The minimum atomic E-state index is -1.11. The summed E-state index contributed by atoms with van der Waals surface area (Å²) in [5, 5.41) is 15.8. The van der Waals surface area contributed by atoms with Gasteiger partial charge in [-0.15, -0.1) is 0 Å². The van der Waals surface area contributed by atoms with E-state index in [1.165, 1.54) is 6.07 Å². The van der Waals surface area contributed by atoms with Gasteiger partial charge in [0.2, 0.25) is 23.8 Å². The number of aliphatic hydroxyl groups excluding tert-OH is 1. The highest BCUT2D eigenvalue weighted by Gasteiger charge is 2.33. The van der Waals surface area contributed by atoms with Crippen LogP contribution in [0.15, 0.2) is 42.5 Å². The van der Waals surface area contributed by atoms with Crippen LogP contribution in [0.5, 0.6) is 0 Å². The highest BCUT2D eigenvalue weighted by Crippen LogP contribution is 2.27. The molecule has 2 aliphatic heterocycles. The average molecular weight is 597 g/mol. The minimum absolute atomic E-state index is 0.0436. The normalized spacial score (nSPS) is 22.0. The number of piperidine rings is 1. The second-order valence-electron chi connectivity index (χ2n) is 10.8. The Bertz CT molecular complexity index is 1470. The first-order valence-corrected chi connectivity index (χ1v) is 13.9. The van der Waals surface area contributed by atoms with Gasteiger partial charge in [-0.1, -0.05) is 0 Å². The van der Waals surface area contributed by atoms with E-state index < -0.39 is 35.8 Å². The van der Waals surface area contributed by atoms with Crippen LogP contribution < -0.4 is 37.6 Å². The first-order valence-electron chi connectivity index (χ1n) is 13.9. The molecule has 2 aromatic carbocycles. The Balaban J connectivity index is 1.31. The lowest BCUT2D eigenvalue weighted by molar-refractivity contribution is -0.115. The van der Waals surface area contributed by atoms with E-state index >= 15 is 0 Å². The van der Waals surface area contributed by atoms with E-state index in [9.17, 15) is 23.5 Å². The number of hydrogen-bond acceptors (Lipinski definition) is 12. The van der Waals surface area contributed by atoms with Gasteiger partial charge in [0.05, 0.1) is 12.5 Å². The number of halogens is 2. The number of nitrogens with zero attached hydrogens (tertiary/aromatic N) is 5. The molecule has 1 amide bonds. The number of nitrogens with two attached hydrogens (primary N) is 3. The van der Waals surface area contributed by atoms with Crippen molar-refractivity contribution >= 4 is 40.9 Å². The van der Waals surface area contributed by atoms with E-state index in [1.54, 1.807) is 24.3 Å². The fourth-order valence-corrected chi connectivity index (χ4v) is 5.28. The third kappa shape index (κ3) is 7.37. The maximum atomic E-state index is 13.4. The van der Waals surface area contributed by atoms with Crippen LogP contribution in [0.25, 0.3) is 0 Å². The molecular weight excluding hydrogens is 562 g/mol. The van der Waals surface area contributed by atoms with E-state index in [0.717, 1.165) is 12.1 Å². The number of aliphatic hydroxyl groups is 1. The number of anilines is 5. The van der Waals surface area contributed by atoms with Crippen molar-refractivity contribution in [3.8, 4) is 0 Å². The topological polar surface area (TPSA) is 202 Å². The van der Waals surface area contributed by atoms with E-state index in [1.807, 2.05) is 9.80 Å². The van der Waals surface area contributed by atoms with Crippen LogP contribution in [0.2, 0.25) is 0 Å². The van der Waals surface area contributed by atoms with Crippen molar-refractivity contribution in [3.63, 3.8) is 0 Å². The molecule has 1 aromatic heterocycles. The smallest absolute Gasteiger partial charge is 0.233 e. The number of carbonyl (C=O) groups excluding carboxylic acids is 2. The Labute approximate surface area is 246 Å². The number of ketones is 1. The molecule has 2 fully saturated rings. The lowest BCUT2D eigenvalue weighted by Gasteiger charge is -2.35. The first-order chi connectivity index (χ1) is 20.6. The lowest BCUT2D eigenvalue weighted by atomic mass is 10.0. The molecule has 0 bridgehead atoms. The molecule has 13 nitrogen and oxygen atoms in total. The molecule has 9 N–H and O–H groups in total. The molecule has 0 spiro atoms. The van der Waals surface area contributed by atoms with Crippen molar-refractivity contribution in [2.24, 2.45) is 17.2 Å². The number of nitrogens with one attached hydrogen (secondary N) is 2. The van der Waals surface area contributed by atoms with Crippen LogP contribution in [0.1, 0.15) is 29.6 Å². The molecule has 3 aromatic rings. The van der Waals surface area contributed by atoms with Crippen LogP contribution in [-0.4, -0.2) is 82.2 Å². The van der Waals surface area contributed by atoms with E-state index in [4.69, 9.17) is 17.2 Å². The fraction of sp³-hybridized carbons (Fsp3) is 0.393. The summed E-state index contributed by atoms with van der Waals surface area (Å²) in [4.78, 5) is 42.6. The van der Waals surface area contributed by atoms with Gasteiger partial charge in [-0.3, -0.25) is 9.59 Å². The molecule has 228 valence electrons. The number of rotatable bonds is 9. The van der Waals surface area contributed by atoms with Gasteiger partial charge in [0.1, 0.15) is 0 Å². The Morgan fingerprint density at radius 2 is 1.58 bits per heavy atom. The van der Waals surface area contributed by atoms with Gasteiger partial charge < -0.3 is 42.7 Å². The third-order valence-corrected chi connectivity index (χ3v) is 7.32. The monoisotopic (exact) mass is 596 g/mol. The fourth-order valence-electron chi connectivity index (χ4n) is 5.28. The van der Waals surface area contributed by atoms with Crippen LogP contribution in [-0.2, 0) is 4.79 Å². The largest absolute Gasteiger partial charge is 0.391 e. The van der Waals surface area contributed by atoms with Crippen molar-refractivity contribution in [1.82, 2.24) is 15.0 Å². The number of amides is 1. The van der Waals surface area contributed by atoms with Crippen molar-refractivity contribution < 1.29 is 23.5 Å². The summed E-state index contributed by atoms with van der Waals surface area (Å²) in [6.45, 7) is 1.67. The van der Waals surface area contributed by atoms with Crippen LogP contribution in [0, 0.1) is 11.6 Å². The quantitative estimate of drug-likeness (QED) is 0.151. The summed E-state index contributed by atoms with van der Waals surface area (Å²) in [5.41, 5.74) is 19.2. The second-order valence-corrected chi connectivity index (χ2v) is 10.8. The van der Waals surface area contributed by atoms with Crippen molar-refractivity contribution in [3.05, 3.63) is 59.7 Å². The summed E-state index contributed by atoms with van der Waals surface area (Å²) in [7, 11) is 0. The Morgan fingerprint density at radius 1 is 0.907 bits per heavy atom. The van der Waals surface area contributed by atoms with Gasteiger partial charge in [0.15, 0.2) is 17.4 Å². The number of Topliss-reactive ketones (excluding diaryl/α,β-unsaturated/α-hetero) is 1. The van der Waals surface area contributed by atoms with Gasteiger partial charge in [-0.2, -0.15) is 15.0 Å². The number of benzene rings is 2. The molecule has 2 aliphatic rings. The molecule has 3 heterocycles. The van der Waals surface area contributed by atoms with Gasteiger partial charge in [-0.25, -0.2) is 8.78 Å². The lowest BCUT2D eigenvalue weighted by Crippen LogP contribution is -2.53. The highest BCUT2D eigenvalue weighted by atomic mass is 19.2. The van der Waals surface area contributed by atoms with Crippen molar-refractivity contribution in [2.45, 2.75) is 43.5 Å². The highest BCUT2D eigenvalue weighted by molar-refractivity contribution is 6.11. The maximum Gasteiger partial charge on any atom is 0.233 e. The molecule has 0 aliphatic carbocycles. The second kappa shape index (κ2) is 12.9. The SMILES string of the molecule is NC[C@@H]1C[C@H](O)CN1c1nc(Nc2ccc(C(=O)CC(=O)Nc3ccc(F)c(F)c3)cc2)nc(N2C[C@H](N)C[C@H](N)C2)n1. The van der Waals surface area contributed by atoms with Crippen molar-refractivity contribution in [2.75, 3.05) is 46.6 Å². The maximum absolute atomic E-state index is 13.4. The molecule has 2 saturated heterocycles. The summed E-state index contributed by atoms with van der Waals surface area (Å²) < 4.78 is 26.5. The minimum Gasteiger partial charge on any atom is -0.391 e. The van der Waals surface area contributed by atoms with E-state index in [0.29, 0.717) is 56.6 Å². The molecule has 0 unspecified atom stereocenters. The number of aromatic nitrogens is 3. The summed E-state index contributed by atoms with van der Waals surface area (Å²) >= 11 is 0. The van der Waals surface area contributed by atoms with E-state index in [-0.39, 0.29) is 35.3 Å². The zero-order chi connectivity index (χ0) is 30.7. The zero-order valence-corrected chi connectivity index (χ0v) is 23.3. The molecule has 15 heteroatoms. The standard InChI is InChI=1S/C28H34F2N10O3/c29-22-6-5-19(8-23(22)30)34-25(43)10-24(42)15-1-3-18(4-2-15)35-26-36-27(39-12-16(32)7-17(33)13-39)38-28(37-26)40-14-21(41)9-20(40)11-31/h1-6,8,16-17,20-21,41H,7,9-14,31-33H2,(H,34,43)(H,35,36,37,38)/t16-,17+,20-,21-/m0/s1. The third-order valence-electron chi connectivity index (χ3n) is 7.32. The molecule has 0 saturated carbocycles. The van der Waals surface area contributed by atoms with Gasteiger partial charge in [0.25, 0.3) is 0 Å². The van der Waals surface area contributed by atoms with Crippen molar-refractivity contribution in [1.29, 1.82) is 0 Å². The van der Waals surface area contributed by atoms with Gasteiger partial charge in [-0.05, 0) is 49.2 Å². The number of carbonyl (C=O) groups is 2. The average Bonchev–Trinajstić information content (AvgIpc) is 3.35. The summed E-state index contributed by atoms with van der Waals surface area (Å²) in [6.07, 6.45) is 0.125. The molecule has 43 heavy (non-hydrogen) atoms. The van der Waals surface area contributed by atoms with Crippen LogP contribution >= 0.6 is 0 Å². The molecule has 5 rings (SSSR count). The Morgan fingerprint density at radius 3 is 2.26 bits per heavy atom. The zero-order valence-electron chi connectivity index (χ0n) is 23.3. The summed E-state index contributed by atoms with van der Waals surface area (Å²) in [6, 6.07) is 8.86. The van der Waals surface area contributed by atoms with E-state index in [2.05, 4.69) is 25.6 Å². The van der Waals surface area contributed by atoms with Crippen LogP contribution in [0.3, 0.4) is 0 Å². The van der Waals surface area contributed by atoms with Crippen LogP contribution in [0.4, 0.5) is 38.0 Å². The number of β-amino-alcohol motifs (C(OH)–C–C–N with tert-alkyl or cyclic N) is 1. The summed E-state index contributed by atoms with van der Waals surface area (Å²) in [5.74, 6) is -2.31. The van der Waals surface area contributed by atoms with Gasteiger partial charge >= 0.3 is 0 Å². The molecule has 0 radical (unpaired) electrons. The predicted molar refractivity (Wildman–Crippen MR) is 157 cm³/mol. The van der Waals surface area contributed by atoms with Gasteiger partial charge in [0, 0.05) is 67.3 Å². The predicted octanol–water partition coefficient (Wildman–Crippen LogP) is 0.868.